The Hall–Kier alpha value is -1.59. The number of ether oxygens (including phenoxy) is 1. The highest BCUT2D eigenvalue weighted by molar-refractivity contribution is 5.85. The average molecular weight is 372 g/mol. The molecule has 0 aliphatic rings. The minimum absolute atomic E-state index is 0. The van der Waals surface area contributed by atoms with Gasteiger partial charge in [-0.25, -0.2) is 0 Å². The standard InChI is InChI=1S/C19H29NO4.ClH/c1-14(2)11-16-7-9-17(10-8-16)19(12-18(22)23,24-15(3)21)13-20(4,5)6;/h7-10,14H,11-13H2,1-6H3;1H. The Kier molecular flexibility index (Phi) is 8.62. The predicted octanol–water partition coefficient (Wildman–Crippen LogP) is 1.91. The van der Waals surface area contributed by atoms with Crippen molar-refractivity contribution < 1.29 is 23.9 Å². The summed E-state index contributed by atoms with van der Waals surface area (Å²) in [6.45, 7) is 5.92. The van der Waals surface area contributed by atoms with Crippen molar-refractivity contribution in [2.45, 2.75) is 39.2 Å². The molecule has 0 fully saturated rings. The molecule has 0 aromatic heterocycles. The van der Waals surface area contributed by atoms with Gasteiger partial charge in [0.15, 0.2) is 5.60 Å². The number of rotatable bonds is 8. The van der Waals surface area contributed by atoms with E-state index in [0.717, 1.165) is 6.42 Å². The highest BCUT2D eigenvalue weighted by Crippen LogP contribution is 2.32. The number of benzene rings is 1. The van der Waals surface area contributed by atoms with Crippen LogP contribution in [0, 0.1) is 5.92 Å². The maximum Gasteiger partial charge on any atom is 0.303 e. The summed E-state index contributed by atoms with van der Waals surface area (Å²) in [5, 5.41) is 11.4. The van der Waals surface area contributed by atoms with Gasteiger partial charge in [-0.1, -0.05) is 38.1 Å². The first-order valence-electron chi connectivity index (χ1n) is 8.23. The van der Waals surface area contributed by atoms with E-state index in [9.17, 15) is 14.7 Å². The third-order valence-electron chi connectivity index (χ3n) is 3.62. The Morgan fingerprint density at radius 2 is 1.68 bits per heavy atom. The smallest absolute Gasteiger partial charge is 0.303 e. The van der Waals surface area contributed by atoms with Crippen LogP contribution in [0.3, 0.4) is 0 Å². The van der Waals surface area contributed by atoms with Crippen LogP contribution < -0.4 is 5.11 Å². The minimum atomic E-state index is -1.24. The second kappa shape index (κ2) is 9.20. The number of hydrogen-bond acceptors (Lipinski definition) is 4. The quantitative estimate of drug-likeness (QED) is 0.517. The monoisotopic (exact) mass is 371 g/mol. The molecule has 0 amide bonds. The number of carbonyl (C=O) groups is 2. The van der Waals surface area contributed by atoms with Crippen LogP contribution in [-0.2, 0) is 26.3 Å². The van der Waals surface area contributed by atoms with Gasteiger partial charge in [0.2, 0.25) is 0 Å². The van der Waals surface area contributed by atoms with Crippen LogP contribution in [0.25, 0.3) is 0 Å². The lowest BCUT2D eigenvalue weighted by Crippen LogP contribution is -2.52. The van der Waals surface area contributed by atoms with Crippen molar-refractivity contribution in [3.63, 3.8) is 0 Å². The summed E-state index contributed by atoms with van der Waals surface area (Å²) in [7, 11) is 5.79. The highest BCUT2D eigenvalue weighted by Gasteiger charge is 2.41. The van der Waals surface area contributed by atoms with Gasteiger partial charge in [-0.3, -0.25) is 4.79 Å². The fraction of sp³-hybridized carbons (Fsp3) is 0.579. The van der Waals surface area contributed by atoms with Gasteiger partial charge < -0.3 is 19.1 Å². The van der Waals surface area contributed by atoms with Crippen molar-refractivity contribution in [3.05, 3.63) is 35.4 Å². The number of esters is 1. The average Bonchev–Trinajstić information content (AvgIpc) is 2.34. The lowest BCUT2D eigenvalue weighted by atomic mass is 9.87. The van der Waals surface area contributed by atoms with Crippen molar-refractivity contribution in [1.82, 2.24) is 0 Å². The molecule has 5 nitrogen and oxygen atoms in total. The van der Waals surface area contributed by atoms with Gasteiger partial charge in [-0.05, 0) is 17.9 Å². The van der Waals surface area contributed by atoms with E-state index in [-0.39, 0.29) is 18.8 Å². The maximum atomic E-state index is 11.7. The molecule has 1 unspecified atom stereocenters. The second-order valence-electron chi connectivity index (χ2n) is 7.88. The first kappa shape index (κ1) is 23.4. The zero-order chi connectivity index (χ0) is 18.5. The Balaban J connectivity index is 0.00000576. The first-order valence-corrected chi connectivity index (χ1v) is 8.23. The molecular weight excluding hydrogens is 342 g/mol. The predicted molar refractivity (Wildman–Crippen MR) is 98.2 cm³/mol. The van der Waals surface area contributed by atoms with Crippen molar-refractivity contribution >= 4 is 24.3 Å². The zero-order valence-electron chi connectivity index (χ0n) is 16.0. The number of quaternary nitrogens is 1. The number of halogens is 1. The van der Waals surface area contributed by atoms with E-state index in [1.807, 2.05) is 45.4 Å². The largest absolute Gasteiger partial charge is 0.550 e. The van der Waals surface area contributed by atoms with Crippen LogP contribution in [-0.4, -0.2) is 44.1 Å². The molecule has 0 N–H and O–H groups in total. The van der Waals surface area contributed by atoms with Crippen LogP contribution in [0.15, 0.2) is 24.3 Å². The molecule has 0 bridgehead atoms. The molecule has 0 radical (unpaired) electrons. The molecule has 0 heterocycles. The summed E-state index contributed by atoms with van der Waals surface area (Å²) in [6, 6.07) is 7.66. The SMILES string of the molecule is CC(=O)OC(CC(=O)[O-])(C[N+](C)(C)C)c1ccc(CC(C)C)cc1.Cl. The Morgan fingerprint density at radius 3 is 2.04 bits per heavy atom. The second-order valence-corrected chi connectivity index (χ2v) is 7.88. The molecule has 0 saturated carbocycles. The normalized spacial score (nSPS) is 13.7. The van der Waals surface area contributed by atoms with E-state index in [1.54, 1.807) is 0 Å². The summed E-state index contributed by atoms with van der Waals surface area (Å²) in [5.74, 6) is -1.21. The van der Waals surface area contributed by atoms with Crippen molar-refractivity contribution in [1.29, 1.82) is 0 Å². The molecule has 1 aromatic rings. The first-order chi connectivity index (χ1) is 10.9. The van der Waals surface area contributed by atoms with Crippen molar-refractivity contribution in [3.8, 4) is 0 Å². The van der Waals surface area contributed by atoms with Crippen molar-refractivity contribution in [2.75, 3.05) is 27.7 Å². The highest BCUT2D eigenvalue weighted by atomic mass is 35.5. The van der Waals surface area contributed by atoms with Gasteiger partial charge in [0, 0.05) is 24.9 Å². The molecule has 0 aliphatic carbocycles. The number of aliphatic carboxylic acids is 1. The van der Waals surface area contributed by atoms with E-state index in [4.69, 9.17) is 4.74 Å². The number of hydrogen-bond donors (Lipinski definition) is 0. The van der Waals surface area contributed by atoms with Crippen LogP contribution in [0.4, 0.5) is 0 Å². The summed E-state index contributed by atoms with van der Waals surface area (Å²) < 4.78 is 6.01. The van der Waals surface area contributed by atoms with Gasteiger partial charge in [0.1, 0.15) is 6.54 Å². The maximum absolute atomic E-state index is 11.7. The number of carboxylic acid groups (broad SMARTS) is 1. The summed E-state index contributed by atoms with van der Waals surface area (Å²) in [4.78, 5) is 23.0. The van der Waals surface area contributed by atoms with E-state index in [2.05, 4.69) is 13.8 Å². The number of carbonyl (C=O) groups excluding carboxylic acids is 2. The molecule has 1 atom stereocenters. The zero-order valence-corrected chi connectivity index (χ0v) is 16.8. The fourth-order valence-corrected chi connectivity index (χ4v) is 3.07. The molecule has 1 rings (SSSR count). The Labute approximate surface area is 157 Å². The van der Waals surface area contributed by atoms with Gasteiger partial charge in [0.25, 0.3) is 0 Å². The van der Waals surface area contributed by atoms with Crippen LogP contribution >= 0.6 is 12.4 Å². The third kappa shape index (κ3) is 7.88. The molecule has 0 aliphatic heterocycles. The lowest BCUT2D eigenvalue weighted by molar-refractivity contribution is -0.877. The molecule has 6 heteroatoms. The number of nitrogens with zero attached hydrogens (tertiary/aromatic N) is 1. The molecular formula is C19H30ClNO4. The van der Waals surface area contributed by atoms with Gasteiger partial charge in [-0.15, -0.1) is 12.4 Å². The molecule has 142 valence electrons. The number of carboxylic acids is 1. The molecule has 0 saturated heterocycles. The Morgan fingerprint density at radius 1 is 1.16 bits per heavy atom. The topological polar surface area (TPSA) is 66.4 Å². The van der Waals surface area contributed by atoms with Crippen LogP contribution in [0.5, 0.6) is 0 Å². The third-order valence-corrected chi connectivity index (χ3v) is 3.62. The van der Waals surface area contributed by atoms with E-state index in [1.165, 1.54) is 12.5 Å². The summed E-state index contributed by atoms with van der Waals surface area (Å²) in [5.41, 5.74) is 0.617. The van der Waals surface area contributed by atoms with E-state index in [0.29, 0.717) is 22.5 Å². The summed E-state index contributed by atoms with van der Waals surface area (Å²) >= 11 is 0. The molecule has 0 spiro atoms. The van der Waals surface area contributed by atoms with E-state index < -0.39 is 17.5 Å². The fourth-order valence-electron chi connectivity index (χ4n) is 3.07. The number of likely N-dealkylation sites (N-methyl/N-ethyl adjacent to an activating group) is 1. The summed E-state index contributed by atoms with van der Waals surface area (Å²) in [6.07, 6.45) is 0.572. The van der Waals surface area contributed by atoms with E-state index >= 15 is 0 Å². The van der Waals surface area contributed by atoms with Gasteiger partial charge >= 0.3 is 5.97 Å². The minimum Gasteiger partial charge on any atom is -0.550 e. The van der Waals surface area contributed by atoms with Gasteiger partial charge in [-0.2, -0.15) is 0 Å². The van der Waals surface area contributed by atoms with Crippen molar-refractivity contribution in [2.24, 2.45) is 5.92 Å². The Bertz CT molecular complexity index is 560. The van der Waals surface area contributed by atoms with Crippen LogP contribution in [0.2, 0.25) is 0 Å². The molecule has 25 heavy (non-hydrogen) atoms. The lowest BCUT2D eigenvalue weighted by Gasteiger charge is -2.39. The van der Waals surface area contributed by atoms with Crippen LogP contribution in [0.1, 0.15) is 38.3 Å². The molecule has 1 aromatic carbocycles. The van der Waals surface area contributed by atoms with Gasteiger partial charge in [0.05, 0.1) is 21.1 Å².